The van der Waals surface area contributed by atoms with Gasteiger partial charge in [0.1, 0.15) is 6.33 Å². The number of nitrogens with one attached hydrogen (secondary N) is 1. The van der Waals surface area contributed by atoms with Crippen LogP contribution in [0.3, 0.4) is 0 Å². The molecule has 0 unspecified atom stereocenters. The summed E-state index contributed by atoms with van der Waals surface area (Å²) in [5.74, 6) is -0.756. The van der Waals surface area contributed by atoms with E-state index in [0.717, 1.165) is 0 Å². The average molecular weight is 310 g/mol. The number of carbonyl (C=O) groups is 2. The predicted molar refractivity (Wildman–Crippen MR) is 73.1 cm³/mol. The first kappa shape index (κ1) is 14.9. The van der Waals surface area contributed by atoms with Gasteiger partial charge in [-0.1, -0.05) is 11.6 Å². The number of amides is 1. The molecule has 0 bridgehead atoms. The first-order chi connectivity index (χ1) is 10.1. The van der Waals surface area contributed by atoms with E-state index in [2.05, 4.69) is 25.6 Å². The first-order valence-corrected chi connectivity index (χ1v) is 6.37. The Kier molecular flexibility index (Phi) is 4.83. The van der Waals surface area contributed by atoms with E-state index in [1.807, 2.05) is 0 Å². The van der Waals surface area contributed by atoms with Crippen LogP contribution in [-0.4, -0.2) is 45.7 Å². The summed E-state index contributed by atoms with van der Waals surface area (Å²) in [6.45, 7) is 0.170. The van der Waals surface area contributed by atoms with Crippen LogP contribution in [0.5, 0.6) is 0 Å². The van der Waals surface area contributed by atoms with E-state index in [4.69, 9.17) is 11.6 Å². The number of halogens is 1. The molecule has 2 aromatic rings. The van der Waals surface area contributed by atoms with Crippen molar-refractivity contribution in [3.05, 3.63) is 35.1 Å². The topological polar surface area (TPSA) is 99.0 Å². The van der Waals surface area contributed by atoms with E-state index in [1.165, 1.54) is 18.1 Å². The molecule has 0 aliphatic carbocycles. The molecular formula is C12H12ClN5O3. The zero-order valence-electron chi connectivity index (χ0n) is 11.1. The van der Waals surface area contributed by atoms with Gasteiger partial charge in [0.15, 0.2) is 0 Å². The standard InChI is InChI=1S/C12H12ClN5O3/c1-21-11(19)4-5-14-12(20)9-3-2-8(13)6-10(9)18-7-15-16-17-18/h2-3,6-7H,4-5H2,1H3,(H,14,20). The minimum absolute atomic E-state index is 0.0933. The number of hydrogen-bond acceptors (Lipinski definition) is 6. The Hall–Kier alpha value is -2.48. The summed E-state index contributed by atoms with van der Waals surface area (Å²) in [7, 11) is 1.29. The summed E-state index contributed by atoms with van der Waals surface area (Å²) in [6.07, 6.45) is 1.45. The van der Waals surface area contributed by atoms with Crippen LogP contribution in [0.4, 0.5) is 0 Å². The number of benzene rings is 1. The van der Waals surface area contributed by atoms with Crippen molar-refractivity contribution < 1.29 is 14.3 Å². The summed E-state index contributed by atoms with van der Waals surface area (Å²) in [4.78, 5) is 23.2. The summed E-state index contributed by atoms with van der Waals surface area (Å²) < 4.78 is 5.83. The van der Waals surface area contributed by atoms with Crippen molar-refractivity contribution in [3.63, 3.8) is 0 Å². The van der Waals surface area contributed by atoms with Gasteiger partial charge < -0.3 is 10.1 Å². The van der Waals surface area contributed by atoms with Gasteiger partial charge in [0.25, 0.3) is 5.91 Å². The third-order valence-corrected chi connectivity index (χ3v) is 2.88. The predicted octanol–water partition coefficient (Wildman–Crippen LogP) is 0.609. The van der Waals surface area contributed by atoms with Crippen LogP contribution in [0.15, 0.2) is 24.5 Å². The largest absolute Gasteiger partial charge is 0.469 e. The number of ether oxygens (including phenoxy) is 1. The number of hydrogen-bond donors (Lipinski definition) is 1. The molecule has 0 aliphatic heterocycles. The summed E-state index contributed by atoms with van der Waals surface area (Å²) in [5, 5.41) is 13.9. The van der Waals surface area contributed by atoms with E-state index in [9.17, 15) is 9.59 Å². The van der Waals surface area contributed by atoms with Gasteiger partial charge in [0.05, 0.1) is 24.8 Å². The molecule has 110 valence electrons. The third kappa shape index (κ3) is 3.76. The van der Waals surface area contributed by atoms with Gasteiger partial charge in [0.2, 0.25) is 0 Å². The molecule has 1 N–H and O–H groups in total. The highest BCUT2D eigenvalue weighted by Gasteiger charge is 2.14. The molecule has 8 nitrogen and oxygen atoms in total. The molecule has 2 rings (SSSR count). The van der Waals surface area contributed by atoms with Crippen molar-refractivity contribution in [1.82, 2.24) is 25.5 Å². The SMILES string of the molecule is COC(=O)CCNC(=O)c1ccc(Cl)cc1-n1cnnn1. The zero-order chi connectivity index (χ0) is 15.2. The number of aromatic nitrogens is 4. The van der Waals surface area contributed by atoms with Crippen molar-refractivity contribution >= 4 is 23.5 Å². The molecule has 0 radical (unpaired) electrons. The van der Waals surface area contributed by atoms with Gasteiger partial charge in [-0.3, -0.25) is 9.59 Å². The maximum Gasteiger partial charge on any atom is 0.307 e. The third-order valence-electron chi connectivity index (χ3n) is 2.64. The van der Waals surface area contributed by atoms with Crippen molar-refractivity contribution in [2.75, 3.05) is 13.7 Å². The lowest BCUT2D eigenvalue weighted by molar-refractivity contribution is -0.140. The lowest BCUT2D eigenvalue weighted by Crippen LogP contribution is -2.27. The monoisotopic (exact) mass is 309 g/mol. The van der Waals surface area contributed by atoms with E-state index >= 15 is 0 Å². The van der Waals surface area contributed by atoms with Crippen molar-refractivity contribution in [3.8, 4) is 5.69 Å². The average Bonchev–Trinajstić information content (AvgIpc) is 3.00. The Labute approximate surface area is 125 Å². The van der Waals surface area contributed by atoms with E-state index in [-0.39, 0.29) is 18.9 Å². The Bertz CT molecular complexity index is 644. The molecule has 1 amide bonds. The minimum Gasteiger partial charge on any atom is -0.469 e. The van der Waals surface area contributed by atoms with Gasteiger partial charge in [-0.05, 0) is 28.6 Å². The quantitative estimate of drug-likeness (QED) is 0.812. The molecule has 1 aromatic carbocycles. The maximum atomic E-state index is 12.2. The second-order valence-corrected chi connectivity index (χ2v) is 4.43. The number of tetrazole rings is 1. The molecule has 0 fully saturated rings. The van der Waals surface area contributed by atoms with Crippen molar-refractivity contribution in [2.24, 2.45) is 0 Å². The molecule has 1 heterocycles. The normalized spacial score (nSPS) is 10.2. The molecule has 9 heteroatoms. The fourth-order valence-corrected chi connectivity index (χ4v) is 1.80. The van der Waals surface area contributed by atoms with E-state index in [1.54, 1.807) is 18.2 Å². The second-order valence-electron chi connectivity index (χ2n) is 4.00. The van der Waals surface area contributed by atoms with Crippen molar-refractivity contribution in [2.45, 2.75) is 6.42 Å². The van der Waals surface area contributed by atoms with E-state index in [0.29, 0.717) is 16.3 Å². The van der Waals surface area contributed by atoms with Gasteiger partial charge >= 0.3 is 5.97 Å². The van der Waals surface area contributed by atoms with Gasteiger partial charge in [-0.15, -0.1) is 5.10 Å². The molecule has 0 spiro atoms. The van der Waals surface area contributed by atoms with Crippen LogP contribution in [0.1, 0.15) is 16.8 Å². The van der Waals surface area contributed by atoms with Crippen molar-refractivity contribution in [1.29, 1.82) is 0 Å². The summed E-state index contributed by atoms with van der Waals surface area (Å²) >= 11 is 5.93. The first-order valence-electron chi connectivity index (χ1n) is 5.99. The summed E-state index contributed by atoms with van der Waals surface area (Å²) in [5.41, 5.74) is 0.791. The van der Waals surface area contributed by atoms with Crippen LogP contribution >= 0.6 is 11.6 Å². The van der Waals surface area contributed by atoms with Crippen LogP contribution in [0, 0.1) is 0 Å². The van der Waals surface area contributed by atoms with Crippen LogP contribution in [-0.2, 0) is 9.53 Å². The Balaban J connectivity index is 2.16. The van der Waals surface area contributed by atoms with Gasteiger partial charge in [-0.25, -0.2) is 0 Å². The fourth-order valence-electron chi connectivity index (χ4n) is 1.63. The highest BCUT2D eigenvalue weighted by molar-refractivity contribution is 6.31. The Morgan fingerprint density at radius 1 is 1.43 bits per heavy atom. The number of rotatable bonds is 5. The highest BCUT2D eigenvalue weighted by atomic mass is 35.5. The molecule has 0 saturated heterocycles. The van der Waals surface area contributed by atoms with Crippen LogP contribution in [0.25, 0.3) is 5.69 Å². The Morgan fingerprint density at radius 2 is 2.24 bits per heavy atom. The number of esters is 1. The molecule has 0 aliphatic rings. The minimum atomic E-state index is -0.396. The molecule has 21 heavy (non-hydrogen) atoms. The Morgan fingerprint density at radius 3 is 2.90 bits per heavy atom. The zero-order valence-corrected chi connectivity index (χ0v) is 11.9. The number of carbonyl (C=O) groups excluding carboxylic acids is 2. The lowest BCUT2D eigenvalue weighted by atomic mass is 10.1. The summed E-state index contributed by atoms with van der Waals surface area (Å²) in [6, 6.07) is 4.73. The fraction of sp³-hybridized carbons (Fsp3) is 0.250. The molecule has 0 atom stereocenters. The molecule has 1 aromatic heterocycles. The van der Waals surface area contributed by atoms with E-state index < -0.39 is 5.97 Å². The maximum absolute atomic E-state index is 12.2. The van der Waals surface area contributed by atoms with Gasteiger partial charge in [0, 0.05) is 11.6 Å². The van der Waals surface area contributed by atoms with Crippen LogP contribution < -0.4 is 5.32 Å². The molecule has 0 saturated carbocycles. The second kappa shape index (κ2) is 6.80. The highest BCUT2D eigenvalue weighted by Crippen LogP contribution is 2.19. The number of nitrogens with zero attached hydrogens (tertiary/aromatic N) is 4. The lowest BCUT2D eigenvalue weighted by Gasteiger charge is -2.09. The van der Waals surface area contributed by atoms with Gasteiger partial charge in [-0.2, -0.15) is 4.68 Å². The smallest absolute Gasteiger partial charge is 0.307 e. The van der Waals surface area contributed by atoms with Crippen LogP contribution in [0.2, 0.25) is 5.02 Å². The molecular weight excluding hydrogens is 298 g/mol. The number of methoxy groups -OCH3 is 1.